The maximum Gasteiger partial charge on any atom is 0.227 e. The number of nitrogens with zero attached hydrogens (tertiary/aromatic N) is 3. The lowest BCUT2D eigenvalue weighted by Crippen LogP contribution is -2.38. The largest absolute Gasteiger partial charge is 0.356 e. The second kappa shape index (κ2) is 8.62. The molecule has 1 aliphatic heterocycles. The van der Waals surface area contributed by atoms with E-state index in [0.29, 0.717) is 5.02 Å². The smallest absolute Gasteiger partial charge is 0.227 e. The number of hydrogen-bond acceptors (Lipinski definition) is 4. The molecule has 0 bridgehead atoms. The van der Waals surface area contributed by atoms with Gasteiger partial charge in [0.1, 0.15) is 12.1 Å². The summed E-state index contributed by atoms with van der Waals surface area (Å²) >= 11 is 6.16. The number of carbonyl (C=O) groups is 1. The molecule has 0 atom stereocenters. The number of nitrogens with one attached hydrogen (secondary N) is 1. The zero-order chi connectivity index (χ0) is 20.2. The summed E-state index contributed by atoms with van der Waals surface area (Å²) in [5.74, 6) is 0.950. The molecule has 0 unspecified atom stereocenters. The molecular formula is C23H23ClN4O. The Morgan fingerprint density at radius 2 is 1.83 bits per heavy atom. The predicted molar refractivity (Wildman–Crippen MR) is 117 cm³/mol. The Balaban J connectivity index is 1.39. The minimum Gasteiger partial charge on any atom is -0.356 e. The minimum absolute atomic E-state index is 0.0138. The van der Waals surface area contributed by atoms with Crippen LogP contribution in [0.15, 0.2) is 60.9 Å². The molecule has 2 heterocycles. The fourth-order valence-corrected chi connectivity index (χ4v) is 3.81. The maximum atomic E-state index is 12.7. The molecule has 1 aromatic heterocycles. The molecule has 4 rings (SSSR count). The van der Waals surface area contributed by atoms with E-state index in [-0.39, 0.29) is 11.8 Å². The van der Waals surface area contributed by atoms with Gasteiger partial charge in [0.2, 0.25) is 5.91 Å². The van der Waals surface area contributed by atoms with E-state index in [1.807, 2.05) is 61.5 Å². The van der Waals surface area contributed by atoms with Crippen LogP contribution in [0.3, 0.4) is 0 Å². The van der Waals surface area contributed by atoms with Gasteiger partial charge in [-0.15, -0.1) is 0 Å². The van der Waals surface area contributed by atoms with Gasteiger partial charge < -0.3 is 10.2 Å². The fourth-order valence-electron chi connectivity index (χ4n) is 3.64. The Labute approximate surface area is 175 Å². The summed E-state index contributed by atoms with van der Waals surface area (Å²) in [6, 6.07) is 17.7. The van der Waals surface area contributed by atoms with E-state index in [4.69, 9.17) is 11.6 Å². The third kappa shape index (κ3) is 4.40. The van der Waals surface area contributed by atoms with Crippen molar-refractivity contribution in [2.45, 2.75) is 19.8 Å². The summed E-state index contributed by atoms with van der Waals surface area (Å²) in [6.07, 6.45) is 3.19. The number of anilines is 2. The number of piperidine rings is 1. The van der Waals surface area contributed by atoms with Gasteiger partial charge in [0.05, 0.1) is 5.69 Å². The van der Waals surface area contributed by atoms with E-state index in [1.54, 1.807) is 6.33 Å². The molecule has 1 N–H and O–H groups in total. The van der Waals surface area contributed by atoms with Crippen LogP contribution < -0.4 is 10.2 Å². The van der Waals surface area contributed by atoms with E-state index in [0.717, 1.165) is 54.3 Å². The average molecular weight is 407 g/mol. The van der Waals surface area contributed by atoms with Crippen molar-refractivity contribution in [3.8, 4) is 11.3 Å². The Morgan fingerprint density at radius 3 is 2.59 bits per heavy atom. The van der Waals surface area contributed by atoms with Gasteiger partial charge in [-0.3, -0.25) is 4.79 Å². The molecule has 3 aromatic rings. The van der Waals surface area contributed by atoms with Gasteiger partial charge in [0, 0.05) is 41.3 Å². The molecule has 6 heteroatoms. The van der Waals surface area contributed by atoms with Crippen LogP contribution in [0, 0.1) is 12.8 Å². The molecule has 0 spiro atoms. The average Bonchev–Trinajstić information content (AvgIpc) is 2.78. The van der Waals surface area contributed by atoms with Gasteiger partial charge in [-0.1, -0.05) is 48.0 Å². The van der Waals surface area contributed by atoms with Crippen LogP contribution in [0.5, 0.6) is 0 Å². The normalized spacial score (nSPS) is 14.6. The summed E-state index contributed by atoms with van der Waals surface area (Å²) < 4.78 is 0. The van der Waals surface area contributed by atoms with Gasteiger partial charge in [-0.05, 0) is 37.5 Å². The van der Waals surface area contributed by atoms with E-state index in [1.165, 1.54) is 0 Å². The minimum atomic E-state index is -0.0138. The van der Waals surface area contributed by atoms with Crippen molar-refractivity contribution in [1.29, 1.82) is 0 Å². The first-order chi connectivity index (χ1) is 14.1. The standard InChI is InChI=1S/C23H23ClN4O/c1-16-19(24)8-5-9-20(16)27-23(29)18-10-12-28(13-11-18)22-14-21(25-15-26-22)17-6-3-2-4-7-17/h2-9,14-15,18H,10-13H2,1H3,(H,27,29). The molecule has 1 saturated heterocycles. The fraction of sp³-hybridized carbons (Fsp3) is 0.261. The number of halogens is 1. The Bertz CT molecular complexity index is 1000. The van der Waals surface area contributed by atoms with Crippen LogP contribution >= 0.6 is 11.6 Å². The highest BCUT2D eigenvalue weighted by atomic mass is 35.5. The van der Waals surface area contributed by atoms with Crippen LogP contribution in [0.4, 0.5) is 11.5 Å². The Hall–Kier alpha value is -2.92. The summed E-state index contributed by atoms with van der Waals surface area (Å²) in [7, 11) is 0. The van der Waals surface area contributed by atoms with Crippen LogP contribution in [0.1, 0.15) is 18.4 Å². The van der Waals surface area contributed by atoms with Crippen molar-refractivity contribution in [3.63, 3.8) is 0 Å². The summed E-state index contributed by atoms with van der Waals surface area (Å²) in [4.78, 5) is 23.8. The Morgan fingerprint density at radius 1 is 1.07 bits per heavy atom. The van der Waals surface area contributed by atoms with Gasteiger partial charge in [-0.2, -0.15) is 0 Å². The molecule has 0 radical (unpaired) electrons. The summed E-state index contributed by atoms with van der Waals surface area (Å²) in [5, 5.41) is 3.70. The van der Waals surface area contributed by atoms with Crippen molar-refractivity contribution >= 4 is 29.0 Å². The zero-order valence-corrected chi connectivity index (χ0v) is 17.1. The van der Waals surface area contributed by atoms with E-state index in [9.17, 15) is 4.79 Å². The van der Waals surface area contributed by atoms with Gasteiger partial charge in [-0.25, -0.2) is 9.97 Å². The van der Waals surface area contributed by atoms with Crippen molar-refractivity contribution in [2.24, 2.45) is 5.92 Å². The van der Waals surface area contributed by atoms with Crippen molar-refractivity contribution < 1.29 is 4.79 Å². The van der Waals surface area contributed by atoms with Crippen molar-refractivity contribution in [2.75, 3.05) is 23.3 Å². The van der Waals surface area contributed by atoms with Crippen LogP contribution in [-0.2, 0) is 4.79 Å². The molecule has 0 aliphatic carbocycles. The molecule has 1 aliphatic rings. The quantitative estimate of drug-likeness (QED) is 0.665. The maximum absolute atomic E-state index is 12.7. The first-order valence-electron chi connectivity index (χ1n) is 9.80. The predicted octanol–water partition coefficient (Wildman–Crippen LogP) is 4.96. The van der Waals surface area contributed by atoms with Crippen molar-refractivity contribution in [3.05, 3.63) is 71.5 Å². The lowest BCUT2D eigenvalue weighted by Gasteiger charge is -2.32. The highest BCUT2D eigenvalue weighted by molar-refractivity contribution is 6.31. The van der Waals surface area contributed by atoms with Crippen LogP contribution in [0.2, 0.25) is 5.02 Å². The van der Waals surface area contributed by atoms with E-state index >= 15 is 0 Å². The second-order valence-corrected chi connectivity index (χ2v) is 7.70. The molecule has 29 heavy (non-hydrogen) atoms. The van der Waals surface area contributed by atoms with Gasteiger partial charge >= 0.3 is 0 Å². The highest BCUT2D eigenvalue weighted by Crippen LogP contribution is 2.27. The monoisotopic (exact) mass is 406 g/mol. The number of aromatic nitrogens is 2. The molecule has 1 fully saturated rings. The molecule has 0 saturated carbocycles. The van der Waals surface area contributed by atoms with Crippen molar-refractivity contribution in [1.82, 2.24) is 9.97 Å². The molecule has 5 nitrogen and oxygen atoms in total. The highest BCUT2D eigenvalue weighted by Gasteiger charge is 2.26. The third-order valence-electron chi connectivity index (χ3n) is 5.44. The van der Waals surface area contributed by atoms with Gasteiger partial charge in [0.15, 0.2) is 0 Å². The SMILES string of the molecule is Cc1c(Cl)cccc1NC(=O)C1CCN(c2cc(-c3ccccc3)ncn2)CC1. The zero-order valence-electron chi connectivity index (χ0n) is 16.3. The van der Waals surface area contributed by atoms with Gasteiger partial charge in [0.25, 0.3) is 0 Å². The molecule has 1 amide bonds. The topological polar surface area (TPSA) is 58.1 Å². The first kappa shape index (κ1) is 19.4. The summed E-state index contributed by atoms with van der Waals surface area (Å²) in [5.41, 5.74) is 3.66. The van der Waals surface area contributed by atoms with Crippen LogP contribution in [-0.4, -0.2) is 29.0 Å². The summed E-state index contributed by atoms with van der Waals surface area (Å²) in [6.45, 7) is 3.50. The third-order valence-corrected chi connectivity index (χ3v) is 5.85. The number of amides is 1. The van der Waals surface area contributed by atoms with E-state index < -0.39 is 0 Å². The number of hydrogen-bond donors (Lipinski definition) is 1. The van der Waals surface area contributed by atoms with E-state index in [2.05, 4.69) is 20.2 Å². The molecule has 148 valence electrons. The number of benzene rings is 2. The molecule has 2 aromatic carbocycles. The first-order valence-corrected chi connectivity index (χ1v) is 10.2. The lowest BCUT2D eigenvalue weighted by molar-refractivity contribution is -0.120. The Kier molecular flexibility index (Phi) is 5.76. The van der Waals surface area contributed by atoms with Crippen LogP contribution in [0.25, 0.3) is 11.3 Å². The lowest BCUT2D eigenvalue weighted by atomic mass is 9.95. The number of carbonyl (C=O) groups excluding carboxylic acids is 1. The number of rotatable bonds is 4. The molecular weight excluding hydrogens is 384 g/mol. The second-order valence-electron chi connectivity index (χ2n) is 7.29.